The van der Waals surface area contributed by atoms with Gasteiger partial charge in [-0.25, -0.2) is 0 Å². The van der Waals surface area contributed by atoms with Gasteiger partial charge < -0.3 is 20.3 Å². The number of carbonyl (C=O) groups excluding carboxylic acids is 2. The van der Waals surface area contributed by atoms with Crippen molar-refractivity contribution in [2.45, 2.75) is 31.8 Å². The van der Waals surface area contributed by atoms with Gasteiger partial charge in [0.25, 0.3) is 5.91 Å². The van der Waals surface area contributed by atoms with Crippen molar-refractivity contribution in [2.24, 2.45) is 0 Å². The number of rotatable bonds is 4. The summed E-state index contributed by atoms with van der Waals surface area (Å²) in [4.78, 5) is 28.4. The van der Waals surface area contributed by atoms with Gasteiger partial charge in [-0.3, -0.25) is 9.59 Å². The molecule has 2 amide bonds. The van der Waals surface area contributed by atoms with Crippen LogP contribution in [0.3, 0.4) is 0 Å². The molecule has 0 saturated carbocycles. The van der Waals surface area contributed by atoms with E-state index in [0.29, 0.717) is 45.6 Å². The van der Waals surface area contributed by atoms with Crippen LogP contribution in [0.25, 0.3) is 0 Å². The number of benzene rings is 1. The quantitative estimate of drug-likeness (QED) is 0.837. The number of carbonyl (C=O) groups is 2. The zero-order chi connectivity index (χ0) is 16.9. The molecule has 0 spiro atoms. The Bertz CT molecular complexity index is 591. The SMILES string of the molecule is Nc1ccccc1CCC(=O)N1CCN(C(=O)C2CCCO2)CC1. The number of hydrogen-bond donors (Lipinski definition) is 1. The first-order valence-electron chi connectivity index (χ1n) is 8.66. The van der Waals surface area contributed by atoms with E-state index >= 15 is 0 Å². The summed E-state index contributed by atoms with van der Waals surface area (Å²) >= 11 is 0. The lowest BCUT2D eigenvalue weighted by Gasteiger charge is -2.35. The highest BCUT2D eigenvalue weighted by Gasteiger charge is 2.31. The number of nitrogens with two attached hydrogens (primary N) is 1. The molecule has 2 heterocycles. The van der Waals surface area contributed by atoms with Crippen LogP contribution in [0.5, 0.6) is 0 Å². The fourth-order valence-electron chi connectivity index (χ4n) is 3.31. The van der Waals surface area contributed by atoms with Crippen molar-refractivity contribution in [1.29, 1.82) is 0 Å². The van der Waals surface area contributed by atoms with Crippen molar-refractivity contribution < 1.29 is 14.3 Å². The Morgan fingerprint density at radius 1 is 1.12 bits per heavy atom. The summed E-state index contributed by atoms with van der Waals surface area (Å²) in [5.74, 6) is 0.208. The molecule has 6 heteroatoms. The molecule has 130 valence electrons. The third kappa shape index (κ3) is 3.87. The largest absolute Gasteiger partial charge is 0.399 e. The zero-order valence-electron chi connectivity index (χ0n) is 13.9. The van der Waals surface area contributed by atoms with Gasteiger partial charge in [-0.2, -0.15) is 0 Å². The maximum absolute atomic E-state index is 12.4. The Labute approximate surface area is 142 Å². The summed E-state index contributed by atoms with van der Waals surface area (Å²) in [6.07, 6.45) is 2.61. The molecule has 2 aliphatic rings. The van der Waals surface area contributed by atoms with Gasteiger partial charge in [-0.05, 0) is 30.9 Å². The molecule has 1 atom stereocenters. The van der Waals surface area contributed by atoms with Gasteiger partial charge in [0.2, 0.25) is 5.91 Å². The minimum atomic E-state index is -0.270. The third-order valence-electron chi connectivity index (χ3n) is 4.81. The first-order valence-corrected chi connectivity index (χ1v) is 8.66. The molecule has 2 N–H and O–H groups in total. The normalized spacial score (nSPS) is 21.1. The zero-order valence-corrected chi connectivity index (χ0v) is 13.9. The molecule has 24 heavy (non-hydrogen) atoms. The van der Waals surface area contributed by atoms with Crippen LogP contribution >= 0.6 is 0 Å². The van der Waals surface area contributed by atoms with Crippen LogP contribution in [-0.4, -0.2) is 60.5 Å². The predicted molar refractivity (Wildman–Crippen MR) is 91.3 cm³/mol. The Morgan fingerprint density at radius 2 is 1.83 bits per heavy atom. The highest BCUT2D eigenvalue weighted by atomic mass is 16.5. The molecule has 2 fully saturated rings. The minimum Gasteiger partial charge on any atom is -0.399 e. The molecule has 2 saturated heterocycles. The van der Waals surface area contributed by atoms with Crippen LogP contribution in [0.1, 0.15) is 24.8 Å². The van der Waals surface area contributed by atoms with E-state index in [4.69, 9.17) is 10.5 Å². The van der Waals surface area contributed by atoms with Crippen LogP contribution in [-0.2, 0) is 20.7 Å². The number of piperazine rings is 1. The van der Waals surface area contributed by atoms with E-state index in [9.17, 15) is 9.59 Å². The minimum absolute atomic E-state index is 0.0802. The Kier molecular flexibility index (Phi) is 5.35. The van der Waals surface area contributed by atoms with E-state index in [0.717, 1.165) is 24.1 Å². The third-order valence-corrected chi connectivity index (χ3v) is 4.81. The number of nitrogens with zero attached hydrogens (tertiary/aromatic N) is 2. The monoisotopic (exact) mass is 331 g/mol. The van der Waals surface area contributed by atoms with Crippen molar-refractivity contribution in [3.8, 4) is 0 Å². The molecule has 0 aliphatic carbocycles. The first-order chi connectivity index (χ1) is 11.6. The summed E-state index contributed by atoms with van der Waals surface area (Å²) in [6.45, 7) is 3.07. The lowest BCUT2D eigenvalue weighted by Crippen LogP contribution is -2.52. The number of hydrogen-bond acceptors (Lipinski definition) is 4. The summed E-state index contributed by atoms with van der Waals surface area (Å²) in [6, 6.07) is 7.65. The van der Waals surface area contributed by atoms with Crippen LogP contribution in [0.4, 0.5) is 5.69 Å². The van der Waals surface area contributed by atoms with Gasteiger partial charge in [-0.15, -0.1) is 0 Å². The van der Waals surface area contributed by atoms with Crippen LogP contribution in [0.2, 0.25) is 0 Å². The van der Waals surface area contributed by atoms with E-state index in [2.05, 4.69) is 0 Å². The number of amides is 2. The standard InChI is InChI=1S/C18H25N3O3/c19-15-5-2-1-4-14(15)7-8-17(22)20-9-11-21(12-10-20)18(23)16-6-3-13-24-16/h1-2,4-5,16H,3,6-13,19H2. The average molecular weight is 331 g/mol. The summed E-state index contributed by atoms with van der Waals surface area (Å²) in [7, 11) is 0. The lowest BCUT2D eigenvalue weighted by molar-refractivity contribution is -0.146. The first kappa shape index (κ1) is 16.8. The molecule has 0 aromatic heterocycles. The van der Waals surface area contributed by atoms with Crippen LogP contribution in [0.15, 0.2) is 24.3 Å². The maximum atomic E-state index is 12.4. The predicted octanol–water partition coefficient (Wildman–Crippen LogP) is 1.05. The van der Waals surface area contributed by atoms with Gasteiger partial charge in [0.05, 0.1) is 0 Å². The summed E-state index contributed by atoms with van der Waals surface area (Å²) in [5.41, 5.74) is 7.66. The Balaban J connectivity index is 1.45. The number of anilines is 1. The molecule has 2 aliphatic heterocycles. The lowest BCUT2D eigenvalue weighted by atomic mass is 10.1. The summed E-state index contributed by atoms with van der Waals surface area (Å²) in [5, 5.41) is 0. The average Bonchev–Trinajstić information content (AvgIpc) is 3.15. The van der Waals surface area contributed by atoms with E-state index in [-0.39, 0.29) is 17.9 Å². The van der Waals surface area contributed by atoms with Crippen molar-refractivity contribution in [1.82, 2.24) is 9.80 Å². The number of nitrogen functional groups attached to an aromatic ring is 1. The molecule has 1 unspecified atom stereocenters. The fourth-order valence-corrected chi connectivity index (χ4v) is 3.31. The second-order valence-corrected chi connectivity index (χ2v) is 6.41. The molecule has 1 aromatic rings. The van der Waals surface area contributed by atoms with Crippen LogP contribution < -0.4 is 5.73 Å². The second kappa shape index (κ2) is 7.66. The highest BCUT2D eigenvalue weighted by Crippen LogP contribution is 2.17. The molecular formula is C18H25N3O3. The topological polar surface area (TPSA) is 75.9 Å². The van der Waals surface area contributed by atoms with E-state index in [1.165, 1.54) is 0 Å². The number of para-hydroxylation sites is 1. The van der Waals surface area contributed by atoms with Crippen molar-refractivity contribution in [3.63, 3.8) is 0 Å². The molecule has 0 bridgehead atoms. The molecule has 1 aromatic carbocycles. The van der Waals surface area contributed by atoms with Gasteiger partial charge in [0, 0.05) is 44.9 Å². The van der Waals surface area contributed by atoms with Gasteiger partial charge in [-0.1, -0.05) is 18.2 Å². The smallest absolute Gasteiger partial charge is 0.251 e. The Hall–Kier alpha value is -2.08. The van der Waals surface area contributed by atoms with Gasteiger partial charge in [0.15, 0.2) is 0 Å². The van der Waals surface area contributed by atoms with Gasteiger partial charge >= 0.3 is 0 Å². The molecule has 3 rings (SSSR count). The second-order valence-electron chi connectivity index (χ2n) is 6.41. The van der Waals surface area contributed by atoms with E-state index < -0.39 is 0 Å². The van der Waals surface area contributed by atoms with E-state index in [1.807, 2.05) is 34.1 Å². The summed E-state index contributed by atoms with van der Waals surface area (Å²) < 4.78 is 5.46. The number of aryl methyl sites for hydroxylation is 1. The molecular weight excluding hydrogens is 306 g/mol. The van der Waals surface area contributed by atoms with Crippen molar-refractivity contribution in [3.05, 3.63) is 29.8 Å². The van der Waals surface area contributed by atoms with Crippen LogP contribution in [0, 0.1) is 0 Å². The molecule has 6 nitrogen and oxygen atoms in total. The van der Waals surface area contributed by atoms with E-state index in [1.54, 1.807) is 0 Å². The van der Waals surface area contributed by atoms with Crippen molar-refractivity contribution >= 4 is 17.5 Å². The van der Waals surface area contributed by atoms with Gasteiger partial charge in [0.1, 0.15) is 6.10 Å². The van der Waals surface area contributed by atoms with Crippen molar-refractivity contribution in [2.75, 3.05) is 38.5 Å². The Morgan fingerprint density at radius 3 is 2.50 bits per heavy atom. The fraction of sp³-hybridized carbons (Fsp3) is 0.556. The molecule has 0 radical (unpaired) electrons. The maximum Gasteiger partial charge on any atom is 0.251 e. The highest BCUT2D eigenvalue weighted by molar-refractivity contribution is 5.82. The number of ether oxygens (including phenoxy) is 1.